The van der Waals surface area contributed by atoms with Crippen LogP contribution in [0.1, 0.15) is 5.56 Å². The number of benzene rings is 1. The Balaban J connectivity index is 1.52. The van der Waals surface area contributed by atoms with Gasteiger partial charge in [0.1, 0.15) is 32.4 Å². The fourth-order valence-corrected chi connectivity index (χ4v) is 3.16. The topological polar surface area (TPSA) is 42.1 Å². The number of carbonyl (C=O) groups is 1. The molecule has 1 aromatic heterocycles. The van der Waals surface area contributed by atoms with Gasteiger partial charge in [-0.15, -0.1) is 0 Å². The van der Waals surface area contributed by atoms with E-state index in [1.54, 1.807) is 11.9 Å². The van der Waals surface area contributed by atoms with E-state index in [2.05, 4.69) is 4.98 Å². The summed E-state index contributed by atoms with van der Waals surface area (Å²) in [6.45, 7) is 3.27. The highest BCUT2D eigenvalue weighted by molar-refractivity contribution is 5.93. The summed E-state index contributed by atoms with van der Waals surface area (Å²) in [7, 11) is 1.77. The number of nitrogens with zero attached hydrogens (tertiary/aromatic N) is 2. The average molecular weight is 380 g/mol. The van der Waals surface area contributed by atoms with Crippen molar-refractivity contribution in [2.45, 2.75) is 6.18 Å². The number of likely N-dealkylation sites (N-methyl/N-ethyl adjacent to an activating group) is 1. The quantitative estimate of drug-likeness (QED) is 0.856. The number of para-hydroxylation sites is 1. The van der Waals surface area contributed by atoms with Gasteiger partial charge < -0.3 is 9.80 Å². The van der Waals surface area contributed by atoms with Crippen LogP contribution in [0.2, 0.25) is 0 Å². The lowest BCUT2D eigenvalue weighted by Gasteiger charge is -2.29. The minimum atomic E-state index is -4.34. The van der Waals surface area contributed by atoms with Crippen molar-refractivity contribution in [3.05, 3.63) is 54.2 Å². The molecule has 1 saturated heterocycles. The highest BCUT2D eigenvalue weighted by atomic mass is 19.4. The van der Waals surface area contributed by atoms with E-state index in [-0.39, 0.29) is 5.91 Å². The van der Waals surface area contributed by atoms with Gasteiger partial charge in [-0.3, -0.25) is 9.69 Å². The second-order valence-electron chi connectivity index (χ2n) is 6.66. The van der Waals surface area contributed by atoms with Gasteiger partial charge in [0.2, 0.25) is 0 Å². The number of aromatic amines is 1. The van der Waals surface area contributed by atoms with E-state index in [9.17, 15) is 18.0 Å². The van der Waals surface area contributed by atoms with E-state index in [0.29, 0.717) is 25.5 Å². The Bertz CT molecular complexity index is 757. The van der Waals surface area contributed by atoms with E-state index < -0.39 is 11.7 Å². The lowest BCUT2D eigenvalue weighted by atomic mass is 10.2. The predicted molar refractivity (Wildman–Crippen MR) is 95.6 cm³/mol. The van der Waals surface area contributed by atoms with Crippen molar-refractivity contribution >= 4 is 17.4 Å². The summed E-state index contributed by atoms with van der Waals surface area (Å²) in [5.74, 6) is 0.709. The fraction of sp³-hybridized carbons (Fsp3) is 0.368. The molecule has 3 rings (SSSR count). The Labute approximate surface area is 156 Å². The van der Waals surface area contributed by atoms with Crippen LogP contribution in [-0.2, 0) is 11.0 Å². The summed E-state index contributed by atoms with van der Waals surface area (Å²) in [5.41, 5.74) is 0.171. The molecule has 2 N–H and O–H groups in total. The molecule has 0 spiro atoms. The van der Waals surface area contributed by atoms with E-state index >= 15 is 0 Å². The van der Waals surface area contributed by atoms with Gasteiger partial charge in [-0.25, -0.2) is 4.98 Å². The lowest BCUT2D eigenvalue weighted by molar-refractivity contribution is -0.892. The second-order valence-corrected chi connectivity index (χ2v) is 6.66. The minimum absolute atomic E-state index is 0.0470. The maximum Gasteiger partial charge on any atom is 0.419 e. The molecule has 1 amide bonds. The Morgan fingerprint density at radius 3 is 2.37 bits per heavy atom. The Morgan fingerprint density at radius 1 is 1.15 bits per heavy atom. The molecule has 0 bridgehead atoms. The molecule has 5 nitrogen and oxygen atoms in total. The summed E-state index contributed by atoms with van der Waals surface area (Å²) in [4.78, 5) is 20.0. The van der Waals surface area contributed by atoms with Gasteiger partial charge in [0.05, 0.1) is 5.56 Å². The molecule has 0 atom stereocenters. The van der Waals surface area contributed by atoms with Crippen molar-refractivity contribution in [3.63, 3.8) is 0 Å². The summed E-state index contributed by atoms with van der Waals surface area (Å²) in [6.07, 6.45) is -3.35. The van der Waals surface area contributed by atoms with Crippen LogP contribution in [-0.4, -0.2) is 45.7 Å². The molecule has 1 aliphatic heterocycles. The number of amides is 1. The van der Waals surface area contributed by atoms with E-state index in [1.165, 1.54) is 11.0 Å². The van der Waals surface area contributed by atoms with Crippen LogP contribution in [0.5, 0.6) is 0 Å². The number of pyridine rings is 1. The SMILES string of the molecule is CN(C(=O)C[NH+]1CCN(c2ccc(C(F)(F)F)c[nH+]2)CC1)c1ccccc1. The molecule has 0 aliphatic carbocycles. The first-order valence-corrected chi connectivity index (χ1v) is 8.83. The first kappa shape index (κ1) is 19.2. The van der Waals surface area contributed by atoms with Gasteiger partial charge in [-0.1, -0.05) is 18.2 Å². The van der Waals surface area contributed by atoms with Gasteiger partial charge in [-0.2, -0.15) is 13.2 Å². The third kappa shape index (κ3) is 4.77. The molecule has 1 aliphatic rings. The molecule has 2 aromatic rings. The number of carbonyl (C=O) groups excluding carboxylic acids is 1. The zero-order valence-electron chi connectivity index (χ0n) is 15.1. The molecule has 1 fully saturated rings. The normalized spacial score (nSPS) is 15.6. The van der Waals surface area contributed by atoms with Gasteiger partial charge in [0.25, 0.3) is 11.7 Å². The zero-order valence-corrected chi connectivity index (χ0v) is 15.1. The number of rotatable bonds is 4. The van der Waals surface area contributed by atoms with Crippen LogP contribution in [0.4, 0.5) is 24.7 Å². The van der Waals surface area contributed by atoms with Crippen LogP contribution in [0.3, 0.4) is 0 Å². The van der Waals surface area contributed by atoms with Gasteiger partial charge in [-0.05, 0) is 18.2 Å². The highest BCUT2D eigenvalue weighted by Gasteiger charge is 2.33. The first-order chi connectivity index (χ1) is 12.8. The summed E-state index contributed by atoms with van der Waals surface area (Å²) >= 11 is 0. The molecular formula is C19H23F3N4O+2. The van der Waals surface area contributed by atoms with Gasteiger partial charge in [0, 0.05) is 18.8 Å². The van der Waals surface area contributed by atoms with E-state index in [4.69, 9.17) is 0 Å². The molecule has 1 aromatic carbocycles. The number of nitrogens with one attached hydrogen (secondary N) is 2. The van der Waals surface area contributed by atoms with Gasteiger partial charge in [0.15, 0.2) is 6.54 Å². The first-order valence-electron chi connectivity index (χ1n) is 8.83. The molecule has 0 unspecified atom stereocenters. The van der Waals surface area contributed by atoms with E-state index in [0.717, 1.165) is 31.0 Å². The molecule has 144 valence electrons. The zero-order chi connectivity index (χ0) is 19.4. The summed E-state index contributed by atoms with van der Waals surface area (Å²) in [6, 6.07) is 12.0. The monoisotopic (exact) mass is 380 g/mol. The number of piperazine rings is 1. The number of quaternary nitrogens is 1. The number of halogens is 3. The number of aromatic nitrogens is 1. The van der Waals surface area contributed by atoms with Crippen LogP contribution in [0, 0.1) is 0 Å². The van der Waals surface area contributed by atoms with Crippen LogP contribution >= 0.6 is 0 Å². The number of H-pyrrole nitrogens is 1. The third-order valence-corrected chi connectivity index (χ3v) is 4.85. The van der Waals surface area contributed by atoms with Crippen molar-refractivity contribution < 1.29 is 27.8 Å². The number of anilines is 2. The van der Waals surface area contributed by atoms with Crippen LogP contribution < -0.4 is 19.7 Å². The molecule has 0 radical (unpaired) electrons. The minimum Gasteiger partial charge on any atom is -0.321 e. The Morgan fingerprint density at radius 2 is 1.81 bits per heavy atom. The number of hydrogen-bond donors (Lipinski definition) is 1. The summed E-state index contributed by atoms with van der Waals surface area (Å²) in [5, 5.41) is 0. The van der Waals surface area contributed by atoms with Gasteiger partial charge >= 0.3 is 6.18 Å². The summed E-state index contributed by atoms with van der Waals surface area (Å²) < 4.78 is 37.9. The predicted octanol–water partition coefficient (Wildman–Crippen LogP) is 0.887. The van der Waals surface area contributed by atoms with E-state index in [1.807, 2.05) is 35.2 Å². The lowest BCUT2D eigenvalue weighted by Crippen LogP contribution is -3.16. The van der Waals surface area contributed by atoms with Crippen molar-refractivity contribution in [3.8, 4) is 0 Å². The average Bonchev–Trinajstić information content (AvgIpc) is 2.68. The molecule has 8 heteroatoms. The smallest absolute Gasteiger partial charge is 0.321 e. The highest BCUT2D eigenvalue weighted by Crippen LogP contribution is 2.28. The largest absolute Gasteiger partial charge is 0.419 e. The second kappa shape index (κ2) is 7.96. The Hall–Kier alpha value is -2.61. The van der Waals surface area contributed by atoms with Crippen molar-refractivity contribution in [2.24, 2.45) is 0 Å². The molecule has 0 saturated carbocycles. The van der Waals surface area contributed by atoms with Crippen molar-refractivity contribution in [2.75, 3.05) is 49.6 Å². The Kier molecular flexibility index (Phi) is 5.65. The molecule has 2 heterocycles. The third-order valence-electron chi connectivity index (χ3n) is 4.85. The number of hydrogen-bond acceptors (Lipinski definition) is 2. The molecule has 27 heavy (non-hydrogen) atoms. The maximum atomic E-state index is 12.6. The van der Waals surface area contributed by atoms with Crippen molar-refractivity contribution in [1.82, 2.24) is 0 Å². The standard InChI is InChI=1S/C19H21F3N4O/c1-24(16-5-3-2-4-6-16)18(27)14-25-9-11-26(12-10-25)17-8-7-15(13-23-17)19(20,21)22/h2-8,13H,9-12,14H2,1H3/p+2. The maximum absolute atomic E-state index is 12.6. The number of alkyl halides is 3. The van der Waals surface area contributed by atoms with Crippen molar-refractivity contribution in [1.29, 1.82) is 0 Å². The van der Waals surface area contributed by atoms with Crippen LogP contribution in [0.15, 0.2) is 48.7 Å². The van der Waals surface area contributed by atoms with Crippen LogP contribution in [0.25, 0.3) is 0 Å². The molecular weight excluding hydrogens is 357 g/mol. The fourth-order valence-electron chi connectivity index (χ4n) is 3.16.